The van der Waals surface area contributed by atoms with Gasteiger partial charge < -0.3 is 9.32 Å². The van der Waals surface area contributed by atoms with Crippen LogP contribution in [0.5, 0.6) is 0 Å². The van der Waals surface area contributed by atoms with E-state index in [9.17, 15) is 18.0 Å². The van der Waals surface area contributed by atoms with Crippen LogP contribution >= 0.6 is 23.2 Å². The number of carbonyl (C=O) groups excluding carboxylic acids is 1. The number of carbonyl (C=O) groups is 1. The summed E-state index contributed by atoms with van der Waals surface area (Å²) in [5, 5.41) is 0.990. The second kappa shape index (κ2) is 7.08. The summed E-state index contributed by atoms with van der Waals surface area (Å²) in [6, 6.07) is 8.70. The van der Waals surface area contributed by atoms with Gasteiger partial charge in [-0.05, 0) is 43.2 Å². The maximum Gasteiger partial charge on any atom is 0.291 e. The number of rotatable bonds is 2. The van der Waals surface area contributed by atoms with Gasteiger partial charge in [0.25, 0.3) is 5.91 Å². The summed E-state index contributed by atoms with van der Waals surface area (Å²) in [7, 11) is -3.27. The Balaban J connectivity index is 1.78. The first-order chi connectivity index (χ1) is 14.7. The van der Waals surface area contributed by atoms with Crippen molar-refractivity contribution in [1.29, 1.82) is 0 Å². The molecule has 2 aliphatic rings. The molecule has 160 valence electrons. The molecule has 0 radical (unpaired) electrons. The van der Waals surface area contributed by atoms with Crippen LogP contribution in [0.2, 0.25) is 10.0 Å². The lowest BCUT2D eigenvalue weighted by atomic mass is 9.97. The summed E-state index contributed by atoms with van der Waals surface area (Å²) >= 11 is 12.3. The van der Waals surface area contributed by atoms with Crippen molar-refractivity contribution in [3.05, 3.63) is 79.1 Å². The minimum atomic E-state index is -3.27. The Bertz CT molecular complexity index is 1430. The van der Waals surface area contributed by atoms with Crippen molar-refractivity contribution in [2.45, 2.75) is 25.4 Å². The summed E-state index contributed by atoms with van der Waals surface area (Å²) in [4.78, 5) is 28.4. The highest BCUT2D eigenvalue weighted by atomic mass is 35.5. The fraction of sp³-hybridized carbons (Fsp3) is 0.273. The minimum Gasteiger partial charge on any atom is -0.450 e. The monoisotopic (exact) mass is 477 g/mol. The lowest BCUT2D eigenvalue weighted by molar-refractivity contribution is 0.0662. The Hall–Kier alpha value is -2.35. The number of amides is 1. The van der Waals surface area contributed by atoms with Crippen molar-refractivity contribution in [3.63, 3.8) is 0 Å². The van der Waals surface area contributed by atoms with Gasteiger partial charge in [0.2, 0.25) is 5.76 Å². The molecule has 2 unspecified atom stereocenters. The second-order valence-electron chi connectivity index (χ2n) is 8.02. The average molecular weight is 478 g/mol. The second-order valence-corrected chi connectivity index (χ2v) is 11.1. The number of hydrogen-bond acceptors (Lipinski definition) is 5. The van der Waals surface area contributed by atoms with Crippen LogP contribution in [0, 0.1) is 6.92 Å². The minimum absolute atomic E-state index is 0.00552. The first kappa shape index (κ1) is 20.5. The highest BCUT2D eigenvalue weighted by Crippen LogP contribution is 2.42. The van der Waals surface area contributed by atoms with E-state index in [1.54, 1.807) is 36.4 Å². The van der Waals surface area contributed by atoms with Crippen molar-refractivity contribution in [2.75, 3.05) is 11.5 Å². The normalized spacial score (nSPS) is 22.3. The van der Waals surface area contributed by atoms with Gasteiger partial charge in [0.05, 0.1) is 38.5 Å². The van der Waals surface area contributed by atoms with Crippen molar-refractivity contribution in [3.8, 4) is 0 Å². The molecule has 5 rings (SSSR count). The van der Waals surface area contributed by atoms with Gasteiger partial charge in [-0.3, -0.25) is 9.59 Å². The summed E-state index contributed by atoms with van der Waals surface area (Å²) in [5.41, 5.74) is 1.66. The van der Waals surface area contributed by atoms with Gasteiger partial charge in [0.1, 0.15) is 5.58 Å². The lowest BCUT2D eigenvalue weighted by Crippen LogP contribution is -2.40. The molecular formula is C22H17Cl2NO5S. The number of benzene rings is 2. The van der Waals surface area contributed by atoms with Crippen LogP contribution in [0.1, 0.15) is 39.7 Å². The largest absolute Gasteiger partial charge is 0.450 e. The zero-order valence-corrected chi connectivity index (χ0v) is 18.7. The van der Waals surface area contributed by atoms with E-state index in [0.29, 0.717) is 28.0 Å². The Morgan fingerprint density at radius 3 is 2.52 bits per heavy atom. The number of aryl methyl sites for hydroxylation is 1. The Labute approximate surface area is 188 Å². The highest BCUT2D eigenvalue weighted by molar-refractivity contribution is 7.91. The SMILES string of the molecule is Cc1ccc2oc3c(c(=O)c2c1)C(c1ccc(Cl)c(Cl)c1)N(C1CCS(=O)(=O)C1)C3=O. The molecule has 0 N–H and O–H groups in total. The molecule has 0 saturated carbocycles. The van der Waals surface area contributed by atoms with E-state index in [0.717, 1.165) is 5.56 Å². The fourth-order valence-corrected chi connectivity index (χ4v) is 6.50. The highest BCUT2D eigenvalue weighted by Gasteiger charge is 2.48. The van der Waals surface area contributed by atoms with Gasteiger partial charge in [-0.25, -0.2) is 8.42 Å². The third kappa shape index (κ3) is 3.26. The molecule has 2 aromatic carbocycles. The zero-order valence-electron chi connectivity index (χ0n) is 16.4. The number of fused-ring (bicyclic) bond motifs is 2. The number of nitrogens with zero attached hydrogens (tertiary/aromatic N) is 1. The molecule has 1 amide bonds. The van der Waals surface area contributed by atoms with Crippen LogP contribution in [0.15, 0.2) is 45.6 Å². The first-order valence-corrected chi connectivity index (χ1v) is 12.3. The molecule has 0 aliphatic carbocycles. The predicted molar refractivity (Wildman–Crippen MR) is 119 cm³/mol. The maximum atomic E-state index is 13.5. The Kier molecular flexibility index (Phi) is 4.70. The molecule has 1 aromatic heterocycles. The topological polar surface area (TPSA) is 84.7 Å². The van der Waals surface area contributed by atoms with Crippen molar-refractivity contribution >= 4 is 49.9 Å². The first-order valence-electron chi connectivity index (χ1n) is 9.72. The number of hydrogen-bond donors (Lipinski definition) is 0. The number of halogens is 2. The molecule has 2 atom stereocenters. The molecule has 9 heteroatoms. The lowest BCUT2D eigenvalue weighted by Gasteiger charge is -2.30. The van der Waals surface area contributed by atoms with Gasteiger partial charge in [-0.15, -0.1) is 0 Å². The smallest absolute Gasteiger partial charge is 0.291 e. The van der Waals surface area contributed by atoms with Crippen LogP contribution in [-0.4, -0.2) is 36.8 Å². The van der Waals surface area contributed by atoms with Crippen LogP contribution in [0.25, 0.3) is 11.0 Å². The van der Waals surface area contributed by atoms with E-state index in [2.05, 4.69) is 0 Å². The molecule has 6 nitrogen and oxygen atoms in total. The zero-order chi connectivity index (χ0) is 22.1. The van der Waals surface area contributed by atoms with E-state index in [-0.39, 0.29) is 33.3 Å². The van der Waals surface area contributed by atoms with Crippen LogP contribution in [-0.2, 0) is 9.84 Å². The molecule has 0 bridgehead atoms. The van der Waals surface area contributed by atoms with Crippen molar-refractivity contribution in [1.82, 2.24) is 4.90 Å². The summed E-state index contributed by atoms with van der Waals surface area (Å²) in [6.45, 7) is 1.86. The van der Waals surface area contributed by atoms with Gasteiger partial charge in [-0.1, -0.05) is 40.9 Å². The molecule has 2 aliphatic heterocycles. The van der Waals surface area contributed by atoms with Crippen LogP contribution in [0.4, 0.5) is 0 Å². The quantitative estimate of drug-likeness (QED) is 0.553. The molecular weight excluding hydrogens is 461 g/mol. The van der Waals surface area contributed by atoms with Crippen molar-refractivity contribution < 1.29 is 17.6 Å². The van der Waals surface area contributed by atoms with E-state index in [4.69, 9.17) is 27.6 Å². The summed E-state index contributed by atoms with van der Waals surface area (Å²) < 4.78 is 30.2. The third-order valence-electron chi connectivity index (χ3n) is 5.92. The van der Waals surface area contributed by atoms with E-state index >= 15 is 0 Å². The maximum absolute atomic E-state index is 13.5. The number of sulfone groups is 1. The molecule has 0 spiro atoms. The van der Waals surface area contributed by atoms with Gasteiger partial charge in [-0.2, -0.15) is 0 Å². The Morgan fingerprint density at radius 2 is 1.84 bits per heavy atom. The summed E-state index contributed by atoms with van der Waals surface area (Å²) in [5.74, 6) is -0.708. The fourth-order valence-electron chi connectivity index (χ4n) is 4.49. The van der Waals surface area contributed by atoms with Gasteiger partial charge in [0.15, 0.2) is 15.3 Å². The van der Waals surface area contributed by atoms with Gasteiger partial charge >= 0.3 is 0 Å². The van der Waals surface area contributed by atoms with E-state index in [1.165, 1.54) is 4.90 Å². The van der Waals surface area contributed by atoms with E-state index in [1.807, 2.05) is 6.92 Å². The molecule has 3 aromatic rings. The van der Waals surface area contributed by atoms with Crippen molar-refractivity contribution in [2.24, 2.45) is 0 Å². The average Bonchev–Trinajstić information content (AvgIpc) is 3.21. The van der Waals surface area contributed by atoms with Gasteiger partial charge in [0, 0.05) is 6.04 Å². The standard InChI is InChI=1S/C22H17Cl2NO5S/c1-11-2-5-17-14(8-11)20(26)18-19(12-3-4-15(23)16(24)9-12)25(22(27)21(18)30-17)13-6-7-31(28,29)10-13/h2-5,8-9,13,19H,6-7,10H2,1H3. The summed E-state index contributed by atoms with van der Waals surface area (Å²) in [6.07, 6.45) is 0.298. The molecule has 31 heavy (non-hydrogen) atoms. The predicted octanol–water partition coefficient (Wildman–Crippen LogP) is 4.14. The third-order valence-corrected chi connectivity index (χ3v) is 8.41. The molecule has 1 saturated heterocycles. The Morgan fingerprint density at radius 1 is 1.06 bits per heavy atom. The molecule has 1 fully saturated rings. The van der Waals surface area contributed by atoms with Crippen LogP contribution < -0.4 is 5.43 Å². The molecule has 3 heterocycles. The van der Waals surface area contributed by atoms with E-state index < -0.39 is 27.8 Å². The van der Waals surface area contributed by atoms with Crippen LogP contribution in [0.3, 0.4) is 0 Å².